The monoisotopic (exact) mass is 478 g/mol. The lowest BCUT2D eigenvalue weighted by molar-refractivity contribution is 0.0962. The van der Waals surface area contributed by atoms with E-state index >= 15 is 0 Å². The van der Waals surface area contributed by atoms with Crippen LogP contribution >= 0.6 is 0 Å². The van der Waals surface area contributed by atoms with Gasteiger partial charge in [-0.1, -0.05) is 19.9 Å². The molecule has 0 spiro atoms. The SMILES string of the molecule is CC[C@](C)(CNc1cc(-c2ccc(N[C@@H](C)CO)nc2)ncn1)c1ccc(C(=O)NC)cc1OC. The van der Waals surface area contributed by atoms with Gasteiger partial charge in [-0.3, -0.25) is 4.79 Å². The van der Waals surface area contributed by atoms with Crippen LogP contribution in [-0.2, 0) is 5.41 Å². The number of ether oxygens (including phenoxy) is 1. The van der Waals surface area contributed by atoms with Crippen LogP contribution in [0.1, 0.15) is 43.1 Å². The number of aliphatic hydroxyl groups excluding tert-OH is 1. The van der Waals surface area contributed by atoms with Gasteiger partial charge in [0.1, 0.15) is 23.7 Å². The summed E-state index contributed by atoms with van der Waals surface area (Å²) in [5.41, 5.74) is 2.92. The van der Waals surface area contributed by atoms with Gasteiger partial charge < -0.3 is 25.8 Å². The van der Waals surface area contributed by atoms with Gasteiger partial charge in [-0.05, 0) is 37.6 Å². The van der Waals surface area contributed by atoms with E-state index in [1.165, 1.54) is 6.33 Å². The highest BCUT2D eigenvalue weighted by Gasteiger charge is 2.29. The first-order valence-electron chi connectivity index (χ1n) is 11.6. The molecule has 1 aromatic carbocycles. The van der Waals surface area contributed by atoms with E-state index in [2.05, 4.69) is 44.7 Å². The second-order valence-electron chi connectivity index (χ2n) is 8.71. The maximum Gasteiger partial charge on any atom is 0.251 e. The Kier molecular flexibility index (Phi) is 8.59. The number of aromatic nitrogens is 3. The fourth-order valence-electron chi connectivity index (χ4n) is 3.71. The van der Waals surface area contributed by atoms with E-state index < -0.39 is 0 Å². The van der Waals surface area contributed by atoms with Crippen LogP contribution in [0.5, 0.6) is 5.75 Å². The molecule has 2 atom stereocenters. The van der Waals surface area contributed by atoms with E-state index in [0.29, 0.717) is 29.5 Å². The fraction of sp³-hybridized carbons (Fsp3) is 0.385. The highest BCUT2D eigenvalue weighted by Crippen LogP contribution is 2.35. The maximum atomic E-state index is 12.0. The summed E-state index contributed by atoms with van der Waals surface area (Å²) in [6.07, 6.45) is 4.12. The number of benzene rings is 1. The van der Waals surface area contributed by atoms with Crippen molar-refractivity contribution in [3.63, 3.8) is 0 Å². The van der Waals surface area contributed by atoms with E-state index in [9.17, 15) is 9.90 Å². The van der Waals surface area contributed by atoms with Crippen LogP contribution in [0.3, 0.4) is 0 Å². The minimum absolute atomic E-state index is 0.0329. The standard InChI is InChI=1S/C26H34N6O3/c1-6-26(3,20-9-7-18(25(34)27-4)11-22(20)35-5)15-29-24-12-21(30-16-31-24)19-8-10-23(28-13-19)32-17(2)14-33/h7-13,16-17,33H,6,14-15H2,1-5H3,(H,27,34)(H,28,32)(H,29,30,31)/t17-,26+/m0/s1. The molecule has 35 heavy (non-hydrogen) atoms. The summed E-state index contributed by atoms with van der Waals surface area (Å²) in [6.45, 7) is 6.80. The molecule has 0 aliphatic rings. The number of carbonyl (C=O) groups excluding carboxylic acids is 1. The number of anilines is 2. The van der Waals surface area contributed by atoms with Crippen molar-refractivity contribution in [2.24, 2.45) is 0 Å². The van der Waals surface area contributed by atoms with E-state index in [0.717, 1.165) is 23.2 Å². The second kappa shape index (κ2) is 11.6. The number of pyridine rings is 1. The molecule has 0 fully saturated rings. The Hall–Kier alpha value is -3.72. The summed E-state index contributed by atoms with van der Waals surface area (Å²) < 4.78 is 5.64. The summed E-state index contributed by atoms with van der Waals surface area (Å²) >= 11 is 0. The molecule has 0 bridgehead atoms. The molecule has 3 aromatic rings. The first kappa shape index (κ1) is 25.9. The van der Waals surface area contributed by atoms with Crippen LogP contribution in [0.15, 0.2) is 48.9 Å². The van der Waals surface area contributed by atoms with Crippen molar-refractivity contribution in [1.29, 1.82) is 0 Å². The van der Waals surface area contributed by atoms with Gasteiger partial charge in [0.15, 0.2) is 0 Å². The number of amides is 1. The largest absolute Gasteiger partial charge is 0.496 e. The average molecular weight is 479 g/mol. The zero-order valence-corrected chi connectivity index (χ0v) is 20.9. The number of aliphatic hydroxyl groups is 1. The van der Waals surface area contributed by atoms with Gasteiger partial charge in [0.05, 0.1) is 19.4 Å². The number of rotatable bonds is 11. The van der Waals surface area contributed by atoms with Gasteiger partial charge in [-0.15, -0.1) is 0 Å². The molecule has 186 valence electrons. The molecule has 2 heterocycles. The molecule has 0 aliphatic carbocycles. The van der Waals surface area contributed by atoms with Crippen molar-refractivity contribution in [2.45, 2.75) is 38.6 Å². The third-order valence-electron chi connectivity index (χ3n) is 6.18. The van der Waals surface area contributed by atoms with Crippen LogP contribution < -0.4 is 20.7 Å². The van der Waals surface area contributed by atoms with Gasteiger partial charge in [0.2, 0.25) is 0 Å². The van der Waals surface area contributed by atoms with E-state index in [4.69, 9.17) is 4.74 Å². The highest BCUT2D eigenvalue weighted by atomic mass is 16.5. The molecular weight excluding hydrogens is 444 g/mol. The van der Waals surface area contributed by atoms with E-state index in [1.54, 1.807) is 26.4 Å². The Morgan fingerprint density at radius 1 is 1.14 bits per heavy atom. The van der Waals surface area contributed by atoms with Crippen molar-refractivity contribution < 1.29 is 14.6 Å². The topological polar surface area (TPSA) is 121 Å². The van der Waals surface area contributed by atoms with Gasteiger partial charge in [-0.2, -0.15) is 0 Å². The number of nitrogens with one attached hydrogen (secondary N) is 3. The van der Waals surface area contributed by atoms with Crippen molar-refractivity contribution in [3.05, 3.63) is 60.0 Å². The first-order chi connectivity index (χ1) is 16.8. The summed E-state index contributed by atoms with van der Waals surface area (Å²) in [5.74, 6) is 1.92. The maximum absolute atomic E-state index is 12.0. The number of hydrogen-bond donors (Lipinski definition) is 4. The van der Waals surface area contributed by atoms with E-state index in [1.807, 2.05) is 37.3 Å². The summed E-state index contributed by atoms with van der Waals surface area (Å²) in [4.78, 5) is 25.2. The number of carbonyl (C=O) groups is 1. The molecule has 0 radical (unpaired) electrons. The average Bonchev–Trinajstić information content (AvgIpc) is 2.91. The number of hydrogen-bond acceptors (Lipinski definition) is 8. The van der Waals surface area contributed by atoms with Crippen molar-refractivity contribution in [1.82, 2.24) is 20.3 Å². The zero-order chi connectivity index (χ0) is 25.4. The lowest BCUT2D eigenvalue weighted by Gasteiger charge is -2.31. The molecule has 0 saturated carbocycles. The minimum Gasteiger partial charge on any atom is -0.496 e. The van der Waals surface area contributed by atoms with Crippen LogP contribution in [0.25, 0.3) is 11.3 Å². The van der Waals surface area contributed by atoms with Crippen LogP contribution in [0.2, 0.25) is 0 Å². The predicted octanol–water partition coefficient (Wildman–Crippen LogP) is 3.48. The first-order valence-corrected chi connectivity index (χ1v) is 11.6. The highest BCUT2D eigenvalue weighted by molar-refractivity contribution is 5.94. The Morgan fingerprint density at radius 2 is 1.94 bits per heavy atom. The molecule has 1 amide bonds. The molecule has 9 heteroatoms. The van der Waals surface area contributed by atoms with E-state index in [-0.39, 0.29) is 24.0 Å². The normalized spacial score (nSPS) is 13.4. The second-order valence-corrected chi connectivity index (χ2v) is 8.71. The van der Waals surface area contributed by atoms with Crippen LogP contribution in [0.4, 0.5) is 11.6 Å². The van der Waals surface area contributed by atoms with Crippen LogP contribution in [0, 0.1) is 0 Å². The Morgan fingerprint density at radius 3 is 2.57 bits per heavy atom. The van der Waals surface area contributed by atoms with Gasteiger partial charge in [0, 0.05) is 54.0 Å². The molecule has 0 saturated heterocycles. The lowest BCUT2D eigenvalue weighted by Crippen LogP contribution is -2.31. The number of methoxy groups -OCH3 is 1. The van der Waals surface area contributed by atoms with Gasteiger partial charge >= 0.3 is 0 Å². The summed E-state index contributed by atoms with van der Waals surface area (Å²) in [5, 5.41) is 18.4. The molecule has 4 N–H and O–H groups in total. The molecule has 9 nitrogen and oxygen atoms in total. The van der Waals surface area contributed by atoms with Crippen molar-refractivity contribution in [2.75, 3.05) is 37.9 Å². The quantitative estimate of drug-likeness (QED) is 0.331. The number of nitrogens with zero attached hydrogens (tertiary/aromatic N) is 3. The van der Waals surface area contributed by atoms with Crippen molar-refractivity contribution in [3.8, 4) is 17.0 Å². The Balaban J connectivity index is 1.77. The van der Waals surface area contributed by atoms with Gasteiger partial charge in [0.25, 0.3) is 5.91 Å². The fourth-order valence-corrected chi connectivity index (χ4v) is 3.71. The molecule has 0 aliphatic heterocycles. The molecule has 0 unspecified atom stereocenters. The Labute approximate surface area is 206 Å². The minimum atomic E-state index is -0.268. The third kappa shape index (κ3) is 6.24. The van der Waals surface area contributed by atoms with Crippen LogP contribution in [-0.4, -0.2) is 59.3 Å². The predicted molar refractivity (Wildman–Crippen MR) is 138 cm³/mol. The lowest BCUT2D eigenvalue weighted by atomic mass is 9.79. The van der Waals surface area contributed by atoms with Crippen molar-refractivity contribution >= 4 is 17.5 Å². The summed E-state index contributed by atoms with van der Waals surface area (Å²) in [6, 6.07) is 11.2. The molecule has 2 aromatic heterocycles. The molecular formula is C26H34N6O3. The zero-order valence-electron chi connectivity index (χ0n) is 20.9. The molecule has 3 rings (SSSR count). The van der Waals surface area contributed by atoms with Gasteiger partial charge in [-0.25, -0.2) is 15.0 Å². The third-order valence-corrected chi connectivity index (χ3v) is 6.18. The summed E-state index contributed by atoms with van der Waals surface area (Å²) in [7, 11) is 3.23. The smallest absolute Gasteiger partial charge is 0.251 e. The Bertz CT molecular complexity index is 1140.